The van der Waals surface area contributed by atoms with E-state index in [4.69, 9.17) is 0 Å². The van der Waals surface area contributed by atoms with Crippen LogP contribution in [0.3, 0.4) is 0 Å². The lowest BCUT2D eigenvalue weighted by atomic mass is 10.2. The molecule has 1 N–H and O–H groups in total. The molecule has 3 nitrogen and oxygen atoms in total. The van der Waals surface area contributed by atoms with E-state index < -0.39 is 11.7 Å². The standard InChI is InChI=1S/C18H13F3N2OS/c19-18(20,21)13-5-3-6-14(10-13)22-16(24)11-25-17-9-8-12-4-1-2-7-15(12)23-17/h1-10H,11H2,(H,22,24). The van der Waals surface area contributed by atoms with Gasteiger partial charge in [0, 0.05) is 11.1 Å². The zero-order valence-corrected chi connectivity index (χ0v) is 13.7. The van der Waals surface area contributed by atoms with Crippen LogP contribution >= 0.6 is 11.8 Å². The molecule has 3 rings (SSSR count). The summed E-state index contributed by atoms with van der Waals surface area (Å²) in [5.41, 5.74) is 0.145. The zero-order chi connectivity index (χ0) is 17.9. The Hall–Kier alpha value is -2.54. The molecule has 0 saturated carbocycles. The lowest BCUT2D eigenvalue weighted by molar-refractivity contribution is -0.137. The molecule has 0 bridgehead atoms. The van der Waals surface area contributed by atoms with E-state index in [1.807, 2.05) is 36.4 Å². The van der Waals surface area contributed by atoms with Crippen molar-refractivity contribution >= 4 is 34.3 Å². The number of anilines is 1. The Labute approximate surface area is 146 Å². The number of nitrogens with zero attached hydrogens (tertiary/aromatic N) is 1. The number of carbonyl (C=O) groups excluding carboxylic acids is 1. The molecule has 0 saturated heterocycles. The van der Waals surface area contributed by atoms with Gasteiger partial charge in [0.1, 0.15) is 0 Å². The van der Waals surface area contributed by atoms with Gasteiger partial charge in [0.2, 0.25) is 5.91 Å². The first-order valence-electron chi connectivity index (χ1n) is 7.37. The molecule has 3 aromatic rings. The molecular weight excluding hydrogens is 349 g/mol. The minimum absolute atomic E-state index is 0.0571. The summed E-state index contributed by atoms with van der Waals surface area (Å²) in [6.45, 7) is 0. The fourth-order valence-corrected chi connectivity index (χ4v) is 2.92. The number of pyridine rings is 1. The molecule has 0 atom stereocenters. The number of halogens is 3. The van der Waals surface area contributed by atoms with E-state index in [9.17, 15) is 18.0 Å². The first-order valence-corrected chi connectivity index (χ1v) is 8.36. The molecule has 1 aromatic heterocycles. The average molecular weight is 362 g/mol. The van der Waals surface area contributed by atoms with Gasteiger partial charge in [-0.15, -0.1) is 0 Å². The Balaban J connectivity index is 1.62. The fraction of sp³-hybridized carbons (Fsp3) is 0.111. The van der Waals surface area contributed by atoms with Gasteiger partial charge in [-0.3, -0.25) is 4.79 Å². The summed E-state index contributed by atoms with van der Waals surface area (Å²) in [7, 11) is 0. The van der Waals surface area contributed by atoms with E-state index in [0.717, 1.165) is 23.0 Å². The molecule has 0 aliphatic heterocycles. The van der Waals surface area contributed by atoms with Crippen molar-refractivity contribution in [3.8, 4) is 0 Å². The van der Waals surface area contributed by atoms with Gasteiger partial charge < -0.3 is 5.32 Å². The van der Waals surface area contributed by atoms with Gasteiger partial charge >= 0.3 is 6.18 Å². The predicted molar refractivity (Wildman–Crippen MR) is 92.5 cm³/mol. The summed E-state index contributed by atoms with van der Waals surface area (Å²) >= 11 is 1.23. The lowest BCUT2D eigenvalue weighted by Crippen LogP contribution is -2.15. The third-order valence-corrected chi connectivity index (χ3v) is 4.33. The topological polar surface area (TPSA) is 42.0 Å². The van der Waals surface area contributed by atoms with Crippen molar-refractivity contribution in [2.45, 2.75) is 11.2 Å². The minimum atomic E-state index is -4.44. The number of nitrogens with one attached hydrogen (secondary N) is 1. The third kappa shape index (κ3) is 4.51. The molecule has 7 heteroatoms. The van der Waals surface area contributed by atoms with Crippen molar-refractivity contribution in [3.05, 3.63) is 66.2 Å². The maximum absolute atomic E-state index is 12.7. The monoisotopic (exact) mass is 362 g/mol. The number of carbonyl (C=O) groups is 1. The van der Waals surface area contributed by atoms with Crippen LogP contribution in [0.25, 0.3) is 10.9 Å². The van der Waals surface area contributed by atoms with Crippen LogP contribution in [0.2, 0.25) is 0 Å². The number of fused-ring (bicyclic) bond motifs is 1. The van der Waals surface area contributed by atoms with E-state index in [1.165, 1.54) is 23.9 Å². The maximum Gasteiger partial charge on any atom is 0.416 e. The van der Waals surface area contributed by atoms with E-state index in [0.29, 0.717) is 5.03 Å². The van der Waals surface area contributed by atoms with Crippen LogP contribution in [0, 0.1) is 0 Å². The molecule has 1 amide bonds. The third-order valence-electron chi connectivity index (χ3n) is 3.40. The van der Waals surface area contributed by atoms with Crippen LogP contribution in [0.5, 0.6) is 0 Å². The van der Waals surface area contributed by atoms with Crippen LogP contribution in [0.4, 0.5) is 18.9 Å². The summed E-state index contributed by atoms with van der Waals surface area (Å²) in [4.78, 5) is 16.4. The van der Waals surface area contributed by atoms with E-state index in [1.54, 1.807) is 0 Å². The molecule has 0 spiro atoms. The highest BCUT2D eigenvalue weighted by atomic mass is 32.2. The molecule has 0 aliphatic carbocycles. The zero-order valence-electron chi connectivity index (χ0n) is 12.9. The van der Waals surface area contributed by atoms with Gasteiger partial charge in [0.15, 0.2) is 0 Å². The number of hydrogen-bond donors (Lipinski definition) is 1. The van der Waals surface area contributed by atoms with Crippen molar-refractivity contribution in [1.29, 1.82) is 0 Å². The van der Waals surface area contributed by atoms with Crippen LogP contribution in [-0.2, 0) is 11.0 Å². The van der Waals surface area contributed by atoms with Crippen molar-refractivity contribution in [1.82, 2.24) is 4.98 Å². The van der Waals surface area contributed by atoms with Crippen LogP contribution in [-0.4, -0.2) is 16.6 Å². The molecular formula is C18H13F3N2OS. The largest absolute Gasteiger partial charge is 0.416 e. The second kappa shape index (κ2) is 7.14. The average Bonchev–Trinajstić information content (AvgIpc) is 2.59. The molecule has 0 unspecified atom stereocenters. The second-order valence-electron chi connectivity index (χ2n) is 5.26. The number of amides is 1. The summed E-state index contributed by atoms with van der Waals surface area (Å²) in [5.74, 6) is -0.332. The first kappa shape index (κ1) is 17.3. The molecule has 1 heterocycles. The smallest absolute Gasteiger partial charge is 0.325 e. The molecule has 0 radical (unpaired) electrons. The Morgan fingerprint density at radius 1 is 1.04 bits per heavy atom. The number of aromatic nitrogens is 1. The number of hydrogen-bond acceptors (Lipinski definition) is 3. The minimum Gasteiger partial charge on any atom is -0.325 e. The van der Waals surface area contributed by atoms with Gasteiger partial charge in [0.05, 0.1) is 21.9 Å². The highest BCUT2D eigenvalue weighted by Gasteiger charge is 2.30. The molecule has 0 fully saturated rings. The van der Waals surface area contributed by atoms with Gasteiger partial charge in [-0.05, 0) is 30.3 Å². The molecule has 0 aliphatic rings. The van der Waals surface area contributed by atoms with Gasteiger partial charge in [0.25, 0.3) is 0 Å². The number of thioether (sulfide) groups is 1. The number of alkyl halides is 3. The highest BCUT2D eigenvalue weighted by Crippen LogP contribution is 2.30. The van der Waals surface area contributed by atoms with Crippen molar-refractivity contribution in [2.24, 2.45) is 0 Å². The molecule has 128 valence electrons. The van der Waals surface area contributed by atoms with E-state index in [2.05, 4.69) is 10.3 Å². The maximum atomic E-state index is 12.7. The first-order chi connectivity index (χ1) is 11.9. The summed E-state index contributed by atoms with van der Waals surface area (Å²) in [6, 6.07) is 15.9. The lowest BCUT2D eigenvalue weighted by Gasteiger charge is -2.09. The summed E-state index contributed by atoms with van der Waals surface area (Å²) < 4.78 is 38.0. The van der Waals surface area contributed by atoms with Crippen LogP contribution in [0.15, 0.2) is 65.7 Å². The molecule has 25 heavy (non-hydrogen) atoms. The van der Waals surface area contributed by atoms with Crippen molar-refractivity contribution in [3.63, 3.8) is 0 Å². The fourth-order valence-electron chi connectivity index (χ4n) is 2.24. The van der Waals surface area contributed by atoms with Crippen molar-refractivity contribution < 1.29 is 18.0 Å². The highest BCUT2D eigenvalue weighted by molar-refractivity contribution is 7.99. The Morgan fingerprint density at radius 3 is 2.64 bits per heavy atom. The Kier molecular flexibility index (Phi) is 4.94. The molecule has 2 aromatic carbocycles. The SMILES string of the molecule is O=C(CSc1ccc2ccccc2n1)Nc1cccc(C(F)(F)F)c1. The Bertz CT molecular complexity index is 912. The Morgan fingerprint density at radius 2 is 1.84 bits per heavy atom. The predicted octanol–water partition coefficient (Wildman–Crippen LogP) is 4.98. The van der Waals surface area contributed by atoms with Crippen molar-refractivity contribution in [2.75, 3.05) is 11.1 Å². The number of para-hydroxylation sites is 1. The normalized spacial score (nSPS) is 11.5. The van der Waals surface area contributed by atoms with Gasteiger partial charge in [-0.2, -0.15) is 13.2 Å². The summed E-state index contributed by atoms with van der Waals surface area (Å²) in [6.07, 6.45) is -4.44. The van der Waals surface area contributed by atoms with Gasteiger partial charge in [-0.1, -0.05) is 42.1 Å². The van der Waals surface area contributed by atoms with E-state index in [-0.39, 0.29) is 17.3 Å². The second-order valence-corrected chi connectivity index (χ2v) is 6.25. The quantitative estimate of drug-likeness (QED) is 0.665. The number of benzene rings is 2. The van der Waals surface area contributed by atoms with E-state index >= 15 is 0 Å². The van der Waals surface area contributed by atoms with Crippen LogP contribution in [0.1, 0.15) is 5.56 Å². The summed E-state index contributed by atoms with van der Waals surface area (Å²) in [5, 5.41) is 4.15. The number of rotatable bonds is 4. The van der Waals surface area contributed by atoms with Gasteiger partial charge in [-0.25, -0.2) is 4.98 Å². The van der Waals surface area contributed by atoms with Crippen LogP contribution < -0.4 is 5.32 Å².